The van der Waals surface area contributed by atoms with Crippen LogP contribution < -0.4 is 0 Å². The zero-order valence-electron chi connectivity index (χ0n) is 24.5. The number of aliphatic hydroxyl groups excluding tert-OH is 1. The summed E-state index contributed by atoms with van der Waals surface area (Å²) in [4.78, 5) is 0. The fourth-order valence-electron chi connectivity index (χ4n) is 8.31. The highest BCUT2D eigenvalue weighted by Crippen LogP contribution is 2.63. The molecule has 0 saturated heterocycles. The Balaban J connectivity index is 1.18. The van der Waals surface area contributed by atoms with Crippen molar-refractivity contribution in [2.75, 3.05) is 11.5 Å². The Hall–Kier alpha value is -0.740. The van der Waals surface area contributed by atoms with Crippen LogP contribution in [0.5, 0.6) is 5.75 Å². The Morgan fingerprint density at radius 1 is 0.952 bits per heavy atom. The fraction of sp³-hybridized carbons (Fsp3) is 0.812. The minimum atomic E-state index is -5.54. The van der Waals surface area contributed by atoms with Crippen molar-refractivity contribution in [3.63, 3.8) is 0 Å². The number of rotatable bonds is 14. The number of hydrogen-bond donors (Lipinski definition) is 2. The maximum absolute atomic E-state index is 13.0. The normalized spacial score (nSPS) is 30.0. The molecule has 10 heteroatoms. The van der Waals surface area contributed by atoms with E-state index in [0.717, 1.165) is 81.5 Å². The van der Waals surface area contributed by atoms with Crippen LogP contribution in [0.3, 0.4) is 0 Å². The second-order valence-corrected chi connectivity index (χ2v) is 15.8. The molecule has 0 heterocycles. The second-order valence-electron chi connectivity index (χ2n) is 13.3. The minimum Gasteiger partial charge on any atom is -0.507 e. The molecule has 3 nitrogen and oxygen atoms in total. The van der Waals surface area contributed by atoms with Gasteiger partial charge in [0.15, 0.2) is 0 Å². The zero-order chi connectivity index (χ0) is 30.7. The molecule has 0 aromatic heterocycles. The topological polar surface area (TPSA) is 57.5 Å². The predicted molar refractivity (Wildman–Crippen MR) is 160 cm³/mol. The van der Waals surface area contributed by atoms with Gasteiger partial charge < -0.3 is 10.2 Å². The average Bonchev–Trinajstić information content (AvgIpc) is 3.23. The van der Waals surface area contributed by atoms with Crippen molar-refractivity contribution in [1.82, 2.24) is 0 Å². The van der Waals surface area contributed by atoms with Gasteiger partial charge in [-0.1, -0.05) is 51.5 Å². The van der Waals surface area contributed by atoms with Crippen LogP contribution in [0.1, 0.15) is 114 Å². The molecule has 1 aromatic rings. The van der Waals surface area contributed by atoms with Gasteiger partial charge in [-0.05, 0) is 114 Å². The second kappa shape index (κ2) is 14.1. The summed E-state index contributed by atoms with van der Waals surface area (Å²) in [7, 11) is -1.36. The summed E-state index contributed by atoms with van der Waals surface area (Å²) in [6, 6.07) is 3.94. The van der Waals surface area contributed by atoms with Crippen LogP contribution in [0.15, 0.2) is 16.6 Å². The third-order valence-electron chi connectivity index (χ3n) is 10.7. The Kier molecular flexibility index (Phi) is 11.5. The molecule has 2 saturated carbocycles. The van der Waals surface area contributed by atoms with E-state index in [1.54, 1.807) is 0 Å². The van der Waals surface area contributed by atoms with Gasteiger partial charge in [0.05, 0.1) is 10.6 Å². The van der Waals surface area contributed by atoms with Crippen molar-refractivity contribution >= 4 is 26.7 Å². The molecule has 0 bridgehead atoms. The molecule has 3 aliphatic rings. The van der Waals surface area contributed by atoms with E-state index in [1.165, 1.54) is 11.1 Å². The Morgan fingerprint density at radius 3 is 2.29 bits per heavy atom. The van der Waals surface area contributed by atoms with Gasteiger partial charge in [-0.25, -0.2) is 0 Å². The number of alkyl halides is 5. The lowest BCUT2D eigenvalue weighted by Gasteiger charge is -2.53. The summed E-state index contributed by atoms with van der Waals surface area (Å²) in [5.74, 6) is -2.08. The van der Waals surface area contributed by atoms with Crippen molar-refractivity contribution in [3.8, 4) is 5.75 Å². The van der Waals surface area contributed by atoms with E-state index in [9.17, 15) is 36.4 Å². The van der Waals surface area contributed by atoms with Gasteiger partial charge in [0.1, 0.15) is 5.75 Å². The summed E-state index contributed by atoms with van der Waals surface area (Å²) in [5, 5.41) is 21.3. The van der Waals surface area contributed by atoms with Crippen molar-refractivity contribution in [1.29, 1.82) is 0 Å². The first-order valence-corrected chi connectivity index (χ1v) is 18.0. The molecular formula is C32H46BrF5O3S. The first-order chi connectivity index (χ1) is 19.8. The largest absolute Gasteiger partial charge is 0.507 e. The summed E-state index contributed by atoms with van der Waals surface area (Å²) in [6.45, 7) is 2.30. The summed E-state index contributed by atoms with van der Waals surface area (Å²) in [5.41, 5.74) is 2.64. The van der Waals surface area contributed by atoms with Crippen LogP contribution in [0, 0.1) is 23.2 Å². The predicted octanol–water partition coefficient (Wildman–Crippen LogP) is 9.45. The molecule has 0 spiro atoms. The van der Waals surface area contributed by atoms with Gasteiger partial charge >= 0.3 is 12.1 Å². The van der Waals surface area contributed by atoms with Gasteiger partial charge in [0.25, 0.3) is 0 Å². The van der Waals surface area contributed by atoms with Gasteiger partial charge in [-0.15, -0.1) is 0 Å². The number of fused-ring (bicyclic) bond motifs is 5. The van der Waals surface area contributed by atoms with E-state index in [4.69, 9.17) is 0 Å². The lowest BCUT2D eigenvalue weighted by molar-refractivity contribution is -0.284. The molecule has 240 valence electrons. The van der Waals surface area contributed by atoms with E-state index < -0.39 is 35.7 Å². The van der Waals surface area contributed by atoms with Crippen LogP contribution in [0.2, 0.25) is 0 Å². The Bertz CT molecular complexity index is 1080. The number of hydrogen-bond acceptors (Lipinski definition) is 3. The molecule has 4 rings (SSSR count). The monoisotopic (exact) mass is 684 g/mol. The quantitative estimate of drug-likeness (QED) is 0.152. The highest BCUT2D eigenvalue weighted by Gasteiger charge is 2.57. The van der Waals surface area contributed by atoms with E-state index in [0.29, 0.717) is 41.6 Å². The highest BCUT2D eigenvalue weighted by atomic mass is 79.9. The number of halogens is 6. The van der Waals surface area contributed by atoms with Crippen molar-refractivity contribution in [2.24, 2.45) is 23.2 Å². The molecule has 3 aliphatic carbocycles. The Labute approximate surface area is 258 Å². The maximum atomic E-state index is 13.0. The average molecular weight is 686 g/mol. The first-order valence-electron chi connectivity index (χ1n) is 15.7. The smallest absolute Gasteiger partial charge is 0.453 e. The molecule has 0 amide bonds. The molecule has 0 radical (unpaired) electrons. The summed E-state index contributed by atoms with van der Waals surface area (Å²) in [6.07, 6.45) is 5.76. The third kappa shape index (κ3) is 7.55. The highest BCUT2D eigenvalue weighted by molar-refractivity contribution is 9.10. The lowest BCUT2D eigenvalue weighted by atomic mass is 9.52. The van der Waals surface area contributed by atoms with Gasteiger partial charge in [0, 0.05) is 28.7 Å². The van der Waals surface area contributed by atoms with E-state index in [-0.39, 0.29) is 17.3 Å². The maximum Gasteiger partial charge on any atom is 0.453 e. The number of aliphatic hydroxyl groups is 1. The minimum absolute atomic E-state index is 0.00286. The number of phenols is 1. The third-order valence-corrected chi connectivity index (χ3v) is 13.0. The molecule has 0 aliphatic heterocycles. The number of aromatic hydroxyl groups is 1. The van der Waals surface area contributed by atoms with Crippen molar-refractivity contribution in [2.45, 2.75) is 127 Å². The van der Waals surface area contributed by atoms with Crippen molar-refractivity contribution < 1.29 is 36.4 Å². The van der Waals surface area contributed by atoms with E-state index in [2.05, 4.69) is 28.9 Å². The number of benzene rings is 1. The van der Waals surface area contributed by atoms with Crippen molar-refractivity contribution in [3.05, 3.63) is 27.7 Å². The zero-order valence-corrected chi connectivity index (χ0v) is 26.9. The summed E-state index contributed by atoms with van der Waals surface area (Å²) >= 11 is 3.67. The number of unbranched alkanes of at least 4 members (excludes halogenated alkanes) is 6. The Morgan fingerprint density at radius 2 is 1.60 bits per heavy atom. The van der Waals surface area contributed by atoms with Crippen LogP contribution in [0.4, 0.5) is 22.0 Å². The SMILES string of the molecule is C[C@]12CC[C@@H]3c4ccc(O)c(Br)c4C[C@@H](CCCCCCCCCS(=O)CCCC(F)(F)C(F)(F)F)[C@H]3[C@@H]1CC[C@@H]2O. The van der Waals surface area contributed by atoms with Gasteiger partial charge in [-0.2, -0.15) is 22.0 Å². The van der Waals surface area contributed by atoms with Crippen LogP contribution >= 0.6 is 15.9 Å². The first kappa shape index (κ1) is 34.1. The molecule has 7 atom stereocenters. The molecule has 2 N–H and O–H groups in total. The molecule has 1 unspecified atom stereocenters. The van der Waals surface area contributed by atoms with E-state index in [1.807, 2.05) is 6.07 Å². The molecule has 1 aromatic carbocycles. The lowest BCUT2D eigenvalue weighted by Crippen LogP contribution is -2.47. The standard InChI is InChI=1S/C32H46BrF5O3S/c1-30-17-15-23-22-11-13-26(39)29(33)24(22)20-21(28(23)25(30)12-14-27(30)40)10-7-5-3-2-4-6-8-18-42(41)19-9-16-31(34,35)32(36,37)38/h11,13,21,23,25,27-28,39-40H,2-10,12,14-20H2,1H3/t21-,23-,25+,27+,28-,30+,42?/m1/s1. The van der Waals surface area contributed by atoms with Gasteiger partial charge in [-0.3, -0.25) is 4.21 Å². The van der Waals surface area contributed by atoms with Crippen LogP contribution in [-0.4, -0.2) is 44.1 Å². The molecule has 42 heavy (non-hydrogen) atoms. The molecule has 2 fully saturated rings. The van der Waals surface area contributed by atoms with Crippen LogP contribution in [0.25, 0.3) is 0 Å². The number of phenolic OH excluding ortho intramolecular Hbond substituents is 1. The molecular weight excluding hydrogens is 639 g/mol. The van der Waals surface area contributed by atoms with E-state index >= 15 is 0 Å². The fourth-order valence-corrected chi connectivity index (χ4v) is 10.0. The summed E-state index contributed by atoms with van der Waals surface area (Å²) < 4.78 is 75.4. The van der Waals surface area contributed by atoms with Crippen LogP contribution in [-0.2, 0) is 17.2 Å². The van der Waals surface area contributed by atoms with Gasteiger partial charge in [0.2, 0.25) is 0 Å².